The third kappa shape index (κ3) is 4.00. The molecule has 0 atom stereocenters. The zero-order chi connectivity index (χ0) is 15.4. The summed E-state index contributed by atoms with van der Waals surface area (Å²) in [6.45, 7) is 0.324. The van der Waals surface area contributed by atoms with Gasteiger partial charge in [0.05, 0.1) is 10.6 Å². The second kappa shape index (κ2) is 6.65. The highest BCUT2D eigenvalue weighted by Gasteiger charge is 2.10. The summed E-state index contributed by atoms with van der Waals surface area (Å²) < 4.78 is 12.9. The molecule has 0 bridgehead atoms. The summed E-state index contributed by atoms with van der Waals surface area (Å²) in [4.78, 5) is 12.3. The first-order chi connectivity index (χ1) is 9.97. The number of halogens is 2. The maximum Gasteiger partial charge on any atom is 0.253 e. The Kier molecular flexibility index (Phi) is 4.88. The van der Waals surface area contributed by atoms with E-state index in [2.05, 4.69) is 5.32 Å². The molecule has 3 nitrogen and oxygen atoms in total. The van der Waals surface area contributed by atoms with Gasteiger partial charge in [-0.05, 0) is 23.8 Å². The van der Waals surface area contributed by atoms with Crippen molar-refractivity contribution < 1.29 is 9.18 Å². The normalized spacial score (nSPS) is 10.2. The molecule has 0 radical (unpaired) electrons. The van der Waals surface area contributed by atoms with E-state index >= 15 is 0 Å². The molecule has 0 aliphatic carbocycles. The number of hydrogen-bond donors (Lipinski definition) is 2. The number of amides is 1. The van der Waals surface area contributed by atoms with Gasteiger partial charge in [-0.1, -0.05) is 48.1 Å². The van der Waals surface area contributed by atoms with Gasteiger partial charge in [0.1, 0.15) is 10.8 Å². The maximum absolute atomic E-state index is 12.9. The highest BCUT2D eigenvalue weighted by atomic mass is 35.5. The third-order valence-corrected chi connectivity index (χ3v) is 3.42. The fourth-order valence-corrected chi connectivity index (χ4v) is 2.13. The van der Waals surface area contributed by atoms with Crippen molar-refractivity contribution in [2.45, 2.75) is 6.54 Å². The summed E-state index contributed by atoms with van der Waals surface area (Å²) >= 11 is 10.7. The van der Waals surface area contributed by atoms with Crippen LogP contribution in [0.15, 0.2) is 42.5 Å². The van der Waals surface area contributed by atoms with E-state index in [9.17, 15) is 9.18 Å². The first kappa shape index (κ1) is 15.4. The third-order valence-electron chi connectivity index (χ3n) is 2.87. The first-order valence-electron chi connectivity index (χ1n) is 6.09. The van der Waals surface area contributed by atoms with Crippen LogP contribution in [0.3, 0.4) is 0 Å². The van der Waals surface area contributed by atoms with Crippen molar-refractivity contribution in [1.82, 2.24) is 5.32 Å². The van der Waals surface area contributed by atoms with Crippen LogP contribution in [0.2, 0.25) is 5.02 Å². The topological polar surface area (TPSA) is 55.1 Å². The Morgan fingerprint density at radius 1 is 1.24 bits per heavy atom. The van der Waals surface area contributed by atoms with Crippen LogP contribution in [0.5, 0.6) is 0 Å². The van der Waals surface area contributed by atoms with Gasteiger partial charge in [-0.2, -0.15) is 0 Å². The minimum Gasteiger partial charge on any atom is -0.389 e. The minimum atomic E-state index is -0.482. The predicted molar refractivity (Wildman–Crippen MR) is 84.9 cm³/mol. The summed E-state index contributed by atoms with van der Waals surface area (Å²) in [5.41, 5.74) is 7.40. The number of hydrogen-bond acceptors (Lipinski definition) is 2. The van der Waals surface area contributed by atoms with Gasteiger partial charge in [-0.15, -0.1) is 0 Å². The van der Waals surface area contributed by atoms with Crippen LogP contribution in [0.1, 0.15) is 21.5 Å². The van der Waals surface area contributed by atoms with Gasteiger partial charge in [0.2, 0.25) is 0 Å². The van der Waals surface area contributed by atoms with Crippen LogP contribution < -0.4 is 11.1 Å². The standard InChI is InChI=1S/C15H12ClFN2OS/c16-13-7-11(17)5-6-12(13)15(20)19-8-9-1-3-10(4-2-9)14(18)21/h1-7H,8H2,(H2,18,21)(H,19,20). The number of rotatable bonds is 4. The fraction of sp³-hybridized carbons (Fsp3) is 0.0667. The molecule has 2 aromatic rings. The summed E-state index contributed by atoms with van der Waals surface area (Å²) in [5.74, 6) is -0.844. The Bertz CT molecular complexity index is 689. The molecule has 1 amide bonds. The molecular weight excluding hydrogens is 311 g/mol. The van der Waals surface area contributed by atoms with E-state index in [0.717, 1.165) is 17.2 Å². The molecule has 0 heterocycles. The van der Waals surface area contributed by atoms with Crippen LogP contribution in [-0.4, -0.2) is 10.9 Å². The Morgan fingerprint density at radius 2 is 1.90 bits per heavy atom. The maximum atomic E-state index is 12.9. The molecule has 21 heavy (non-hydrogen) atoms. The molecule has 3 N–H and O–H groups in total. The van der Waals surface area contributed by atoms with Gasteiger partial charge >= 0.3 is 0 Å². The second-order valence-corrected chi connectivity index (χ2v) is 5.22. The van der Waals surface area contributed by atoms with Crippen molar-refractivity contribution in [2.24, 2.45) is 5.73 Å². The molecular formula is C15H12ClFN2OS. The van der Waals surface area contributed by atoms with Gasteiger partial charge in [0.25, 0.3) is 5.91 Å². The Hall–Kier alpha value is -1.98. The van der Waals surface area contributed by atoms with Crippen LogP contribution in [-0.2, 0) is 6.54 Å². The van der Waals surface area contributed by atoms with Crippen molar-refractivity contribution in [3.05, 3.63) is 70.0 Å². The average Bonchev–Trinajstić information content (AvgIpc) is 2.45. The van der Waals surface area contributed by atoms with Gasteiger partial charge < -0.3 is 11.1 Å². The molecule has 6 heteroatoms. The number of benzene rings is 2. The van der Waals surface area contributed by atoms with Crippen LogP contribution in [0.25, 0.3) is 0 Å². The van der Waals surface area contributed by atoms with Gasteiger partial charge in [-0.25, -0.2) is 4.39 Å². The van der Waals surface area contributed by atoms with Gasteiger partial charge in [0.15, 0.2) is 0 Å². The fourth-order valence-electron chi connectivity index (χ4n) is 1.74. The van der Waals surface area contributed by atoms with Crippen LogP contribution >= 0.6 is 23.8 Å². The van der Waals surface area contributed by atoms with Crippen LogP contribution in [0, 0.1) is 5.82 Å². The first-order valence-corrected chi connectivity index (χ1v) is 6.88. The largest absolute Gasteiger partial charge is 0.389 e. The monoisotopic (exact) mass is 322 g/mol. The Labute approximate surface area is 131 Å². The molecule has 0 unspecified atom stereocenters. The van der Waals surface area contributed by atoms with E-state index in [1.165, 1.54) is 12.1 Å². The highest BCUT2D eigenvalue weighted by Crippen LogP contribution is 2.17. The number of nitrogens with one attached hydrogen (secondary N) is 1. The van der Waals surface area contributed by atoms with E-state index in [4.69, 9.17) is 29.6 Å². The molecule has 0 aliphatic heterocycles. The van der Waals surface area contributed by atoms with Crippen molar-refractivity contribution >= 4 is 34.7 Å². The van der Waals surface area contributed by atoms with Crippen molar-refractivity contribution in [3.63, 3.8) is 0 Å². The van der Waals surface area contributed by atoms with Gasteiger partial charge in [-0.3, -0.25) is 4.79 Å². The molecule has 0 aliphatic rings. The van der Waals surface area contributed by atoms with Crippen molar-refractivity contribution in [1.29, 1.82) is 0 Å². The van der Waals surface area contributed by atoms with Gasteiger partial charge in [0, 0.05) is 12.1 Å². The highest BCUT2D eigenvalue weighted by molar-refractivity contribution is 7.80. The number of nitrogens with two attached hydrogens (primary N) is 1. The lowest BCUT2D eigenvalue weighted by Crippen LogP contribution is -2.23. The van der Waals surface area contributed by atoms with E-state index in [1.807, 2.05) is 12.1 Å². The lowest BCUT2D eigenvalue weighted by atomic mass is 10.1. The SMILES string of the molecule is NC(=S)c1ccc(CNC(=O)c2ccc(F)cc2Cl)cc1. The number of thiocarbonyl (C=S) groups is 1. The smallest absolute Gasteiger partial charge is 0.253 e. The number of carbonyl (C=O) groups excluding carboxylic acids is 1. The average molecular weight is 323 g/mol. The second-order valence-electron chi connectivity index (χ2n) is 4.37. The summed E-state index contributed by atoms with van der Waals surface area (Å²) in [6, 6.07) is 10.9. The quantitative estimate of drug-likeness (QED) is 0.851. The predicted octanol–water partition coefficient (Wildman–Crippen LogP) is 3.04. The van der Waals surface area contributed by atoms with Crippen molar-refractivity contribution in [2.75, 3.05) is 0 Å². The molecule has 0 saturated heterocycles. The Balaban J connectivity index is 2.02. The van der Waals surface area contributed by atoms with E-state index in [-0.39, 0.29) is 16.5 Å². The summed E-state index contributed by atoms with van der Waals surface area (Å²) in [6.07, 6.45) is 0. The van der Waals surface area contributed by atoms with E-state index in [0.29, 0.717) is 11.5 Å². The summed E-state index contributed by atoms with van der Waals surface area (Å²) in [5, 5.41) is 2.79. The lowest BCUT2D eigenvalue weighted by molar-refractivity contribution is 0.0951. The molecule has 0 spiro atoms. The van der Waals surface area contributed by atoms with E-state index < -0.39 is 5.82 Å². The summed E-state index contributed by atoms with van der Waals surface area (Å²) in [7, 11) is 0. The molecule has 0 fully saturated rings. The molecule has 2 rings (SSSR count). The lowest BCUT2D eigenvalue weighted by Gasteiger charge is -2.07. The molecule has 0 saturated carbocycles. The molecule has 108 valence electrons. The van der Waals surface area contributed by atoms with Crippen LogP contribution in [0.4, 0.5) is 4.39 Å². The minimum absolute atomic E-state index is 0.0799. The zero-order valence-electron chi connectivity index (χ0n) is 10.9. The Morgan fingerprint density at radius 3 is 2.48 bits per heavy atom. The molecule has 2 aromatic carbocycles. The molecule has 0 aromatic heterocycles. The zero-order valence-corrected chi connectivity index (χ0v) is 12.5. The van der Waals surface area contributed by atoms with E-state index in [1.54, 1.807) is 12.1 Å². The number of carbonyl (C=O) groups is 1. The van der Waals surface area contributed by atoms with Crippen molar-refractivity contribution in [3.8, 4) is 0 Å².